The van der Waals surface area contributed by atoms with Gasteiger partial charge in [0.05, 0.1) is 6.61 Å². The van der Waals surface area contributed by atoms with Crippen LogP contribution >= 0.6 is 0 Å². The number of carbonyl (C=O) groups is 3. The smallest absolute Gasteiger partial charge is 0.408 e. The predicted octanol–water partition coefficient (Wildman–Crippen LogP) is -0.279. The molecule has 0 aromatic heterocycles. The quantitative estimate of drug-likeness (QED) is 0.210. The standard InChI is InChI=1S/C26H32N2O10/c29-13-19-21(31)22(32)23(33)25(38-19)28-24(34)18(27-26(35)37-15-17-9-5-2-6-10-17)11-12-20(30)36-14-16-7-3-1-4-8-16/h1-10,18-19,21-23,25,29,31-33H,11-15H2,(H,27,35)(H,28,34)/t18-,19+,21+,22-,23+,25+/m0/s1. The van der Waals surface area contributed by atoms with Gasteiger partial charge >= 0.3 is 12.1 Å². The summed E-state index contributed by atoms with van der Waals surface area (Å²) in [6.07, 6.45) is -9.14. The van der Waals surface area contributed by atoms with Crippen LogP contribution in [-0.4, -0.2) is 81.7 Å². The van der Waals surface area contributed by atoms with Crippen molar-refractivity contribution in [3.05, 3.63) is 71.8 Å². The first-order valence-corrected chi connectivity index (χ1v) is 12.1. The van der Waals surface area contributed by atoms with Crippen molar-refractivity contribution in [2.24, 2.45) is 0 Å². The molecule has 0 aliphatic carbocycles. The number of hydrogen-bond acceptors (Lipinski definition) is 10. The second-order valence-electron chi connectivity index (χ2n) is 8.70. The molecule has 206 valence electrons. The van der Waals surface area contributed by atoms with Crippen molar-refractivity contribution < 1.29 is 49.0 Å². The third-order valence-electron chi connectivity index (χ3n) is 5.88. The summed E-state index contributed by atoms with van der Waals surface area (Å²) in [5.41, 5.74) is 1.50. The lowest BCUT2D eigenvalue weighted by Crippen LogP contribution is -2.64. The van der Waals surface area contributed by atoms with Crippen LogP contribution in [0.3, 0.4) is 0 Å². The lowest BCUT2D eigenvalue weighted by molar-refractivity contribution is -0.236. The largest absolute Gasteiger partial charge is 0.461 e. The number of carbonyl (C=O) groups excluding carboxylic acids is 3. The van der Waals surface area contributed by atoms with Gasteiger partial charge in [0.2, 0.25) is 5.91 Å². The first kappa shape index (κ1) is 29.0. The Morgan fingerprint density at radius 3 is 2.00 bits per heavy atom. The molecule has 0 spiro atoms. The minimum atomic E-state index is -1.72. The monoisotopic (exact) mass is 532 g/mol. The molecule has 1 saturated heterocycles. The van der Waals surface area contributed by atoms with Crippen molar-refractivity contribution in [2.45, 2.75) is 62.7 Å². The van der Waals surface area contributed by atoms with Crippen LogP contribution in [0.15, 0.2) is 60.7 Å². The molecule has 1 heterocycles. The van der Waals surface area contributed by atoms with Crippen molar-refractivity contribution in [2.75, 3.05) is 6.61 Å². The van der Waals surface area contributed by atoms with Crippen molar-refractivity contribution in [3.8, 4) is 0 Å². The van der Waals surface area contributed by atoms with Crippen molar-refractivity contribution in [1.82, 2.24) is 10.6 Å². The molecule has 1 fully saturated rings. The highest BCUT2D eigenvalue weighted by atomic mass is 16.6. The molecule has 2 amide bonds. The highest BCUT2D eigenvalue weighted by Gasteiger charge is 2.44. The maximum absolute atomic E-state index is 13.0. The molecule has 0 saturated carbocycles. The van der Waals surface area contributed by atoms with E-state index in [9.17, 15) is 34.8 Å². The van der Waals surface area contributed by atoms with Crippen LogP contribution in [0.2, 0.25) is 0 Å². The fraction of sp³-hybridized carbons (Fsp3) is 0.423. The van der Waals surface area contributed by atoms with Gasteiger partial charge in [-0.15, -0.1) is 0 Å². The van der Waals surface area contributed by atoms with Gasteiger partial charge in [0.15, 0.2) is 6.23 Å². The average molecular weight is 533 g/mol. The van der Waals surface area contributed by atoms with Gasteiger partial charge in [-0.1, -0.05) is 60.7 Å². The lowest BCUT2D eigenvalue weighted by Gasteiger charge is -2.40. The van der Waals surface area contributed by atoms with Crippen molar-refractivity contribution in [3.63, 3.8) is 0 Å². The minimum absolute atomic E-state index is 0.0357. The summed E-state index contributed by atoms with van der Waals surface area (Å²) in [4.78, 5) is 37.7. The molecular weight excluding hydrogens is 500 g/mol. The Balaban J connectivity index is 1.61. The number of amides is 2. The van der Waals surface area contributed by atoms with Crippen LogP contribution in [0, 0.1) is 0 Å². The van der Waals surface area contributed by atoms with Crippen molar-refractivity contribution >= 4 is 18.0 Å². The van der Waals surface area contributed by atoms with E-state index in [2.05, 4.69) is 10.6 Å². The second kappa shape index (κ2) is 14.4. The molecule has 0 radical (unpaired) electrons. The third-order valence-corrected chi connectivity index (χ3v) is 5.88. The van der Waals surface area contributed by atoms with Crippen molar-refractivity contribution in [1.29, 1.82) is 0 Å². The van der Waals surface area contributed by atoms with E-state index >= 15 is 0 Å². The Kier molecular flexibility index (Phi) is 11.0. The number of nitrogens with one attached hydrogen (secondary N) is 2. The molecule has 12 nitrogen and oxygen atoms in total. The van der Waals surface area contributed by atoms with Crippen LogP contribution in [0.4, 0.5) is 4.79 Å². The van der Waals surface area contributed by atoms with Gasteiger partial charge < -0.3 is 45.3 Å². The second-order valence-corrected chi connectivity index (χ2v) is 8.70. The van der Waals surface area contributed by atoms with E-state index in [1.807, 2.05) is 6.07 Å². The molecule has 0 bridgehead atoms. The van der Waals surface area contributed by atoms with E-state index in [-0.39, 0.29) is 26.1 Å². The van der Waals surface area contributed by atoms with E-state index in [0.29, 0.717) is 0 Å². The summed E-state index contributed by atoms with van der Waals surface area (Å²) in [6, 6.07) is 16.5. The number of aliphatic hydroxyl groups excluding tert-OH is 4. The Hall–Kier alpha value is -3.55. The van der Waals surface area contributed by atoms with Gasteiger partial charge in [0, 0.05) is 6.42 Å². The SMILES string of the molecule is O=C(CC[C@H](NC(=O)OCc1ccccc1)C(=O)N[C@@H]1O[C@H](CO)[C@@H](O)[C@H](O)[C@H]1O)OCc1ccccc1. The van der Waals surface area contributed by atoms with Gasteiger partial charge in [-0.2, -0.15) is 0 Å². The number of rotatable bonds is 11. The van der Waals surface area contributed by atoms with Crippen LogP contribution in [0.1, 0.15) is 24.0 Å². The Morgan fingerprint density at radius 2 is 1.42 bits per heavy atom. The molecule has 1 aliphatic rings. The summed E-state index contributed by atoms with van der Waals surface area (Å²) >= 11 is 0. The first-order valence-electron chi connectivity index (χ1n) is 12.1. The summed E-state index contributed by atoms with van der Waals surface area (Å²) < 4.78 is 15.7. The van der Waals surface area contributed by atoms with Crippen LogP contribution in [-0.2, 0) is 37.0 Å². The average Bonchev–Trinajstić information content (AvgIpc) is 2.94. The van der Waals surface area contributed by atoms with Gasteiger partial charge in [-0.25, -0.2) is 4.79 Å². The molecule has 0 unspecified atom stereocenters. The van der Waals surface area contributed by atoms with Gasteiger partial charge in [0.1, 0.15) is 43.7 Å². The zero-order chi connectivity index (χ0) is 27.5. The number of alkyl carbamates (subject to hydrolysis) is 1. The third kappa shape index (κ3) is 8.50. The summed E-state index contributed by atoms with van der Waals surface area (Å²) in [5.74, 6) is -1.47. The normalized spacial score (nSPS) is 23.6. The zero-order valence-corrected chi connectivity index (χ0v) is 20.5. The number of benzene rings is 2. The fourth-order valence-corrected chi connectivity index (χ4v) is 3.71. The Labute approximate surface area is 219 Å². The molecule has 3 rings (SSSR count). The minimum Gasteiger partial charge on any atom is -0.461 e. The molecular formula is C26H32N2O10. The number of esters is 1. The summed E-state index contributed by atoms with van der Waals surface area (Å²) in [7, 11) is 0. The van der Waals surface area contributed by atoms with E-state index in [1.54, 1.807) is 54.6 Å². The molecule has 38 heavy (non-hydrogen) atoms. The zero-order valence-electron chi connectivity index (χ0n) is 20.5. The number of hydrogen-bond donors (Lipinski definition) is 6. The molecule has 2 aromatic carbocycles. The Morgan fingerprint density at radius 1 is 0.842 bits per heavy atom. The molecule has 1 aliphatic heterocycles. The summed E-state index contributed by atoms with van der Waals surface area (Å²) in [6.45, 7) is -0.709. The van der Waals surface area contributed by atoms with E-state index in [0.717, 1.165) is 11.1 Å². The van der Waals surface area contributed by atoms with Crippen LogP contribution in [0.5, 0.6) is 0 Å². The fourth-order valence-electron chi connectivity index (χ4n) is 3.71. The number of aliphatic hydroxyl groups is 4. The maximum atomic E-state index is 13.0. The van der Waals surface area contributed by atoms with Crippen LogP contribution in [0.25, 0.3) is 0 Å². The Bertz CT molecular complexity index is 1040. The highest BCUT2D eigenvalue weighted by molar-refractivity contribution is 5.86. The highest BCUT2D eigenvalue weighted by Crippen LogP contribution is 2.20. The molecule has 6 N–H and O–H groups in total. The topological polar surface area (TPSA) is 184 Å². The van der Waals surface area contributed by atoms with Gasteiger partial charge in [0.25, 0.3) is 0 Å². The first-order chi connectivity index (χ1) is 18.3. The summed E-state index contributed by atoms with van der Waals surface area (Å²) in [5, 5.41) is 44.2. The van der Waals surface area contributed by atoms with E-state index in [4.69, 9.17) is 14.2 Å². The molecule has 12 heteroatoms. The molecule has 6 atom stereocenters. The molecule has 2 aromatic rings. The predicted molar refractivity (Wildman–Crippen MR) is 131 cm³/mol. The van der Waals surface area contributed by atoms with E-state index in [1.165, 1.54) is 0 Å². The lowest BCUT2D eigenvalue weighted by atomic mass is 9.98. The number of ether oxygens (including phenoxy) is 3. The van der Waals surface area contributed by atoms with Gasteiger partial charge in [-0.05, 0) is 17.5 Å². The van der Waals surface area contributed by atoms with E-state index < -0.39 is 61.3 Å². The maximum Gasteiger partial charge on any atom is 0.408 e. The van der Waals surface area contributed by atoms with Gasteiger partial charge in [-0.3, -0.25) is 9.59 Å². The van der Waals surface area contributed by atoms with Crippen LogP contribution < -0.4 is 10.6 Å².